The Kier molecular flexibility index (Phi) is 5.38. The van der Waals surface area contributed by atoms with Crippen LogP contribution in [0, 0.1) is 0 Å². The average Bonchev–Trinajstić information content (AvgIpc) is 3.23. The summed E-state index contributed by atoms with van der Waals surface area (Å²) >= 11 is 0. The molecular weight excluding hydrogens is 394 g/mol. The molecule has 0 radical (unpaired) electrons. The van der Waals surface area contributed by atoms with E-state index in [9.17, 15) is 13.2 Å². The van der Waals surface area contributed by atoms with Gasteiger partial charge in [-0.25, -0.2) is 13.4 Å². The minimum absolute atomic E-state index is 0.221. The van der Waals surface area contributed by atoms with Crippen LogP contribution in [-0.2, 0) is 19.6 Å². The number of ether oxygens (including phenoxy) is 1. The van der Waals surface area contributed by atoms with Gasteiger partial charge in [-0.15, -0.1) is 0 Å². The topological polar surface area (TPSA) is 106 Å². The van der Waals surface area contributed by atoms with Gasteiger partial charge in [0.15, 0.2) is 5.65 Å². The molecule has 4 rings (SSSR count). The number of carbonyl (C=O) groups is 1. The molecule has 3 heterocycles. The average molecular weight is 413 g/mol. The molecule has 0 spiro atoms. The fourth-order valence-electron chi connectivity index (χ4n) is 2.96. The number of aromatic nitrogens is 3. The van der Waals surface area contributed by atoms with E-state index < -0.39 is 10.0 Å². The number of rotatable bonds is 5. The molecule has 1 aliphatic rings. The van der Waals surface area contributed by atoms with Crippen LogP contribution in [-0.4, -0.2) is 59.5 Å². The number of nitrogens with zero attached hydrogens (tertiary/aromatic N) is 4. The highest BCUT2D eigenvalue weighted by molar-refractivity contribution is 7.89. The normalized spacial score (nSPS) is 15.7. The quantitative estimate of drug-likeness (QED) is 0.634. The maximum absolute atomic E-state index is 12.6. The number of morpholine rings is 1. The number of anilines is 1. The molecule has 1 aliphatic heterocycles. The third-order valence-corrected chi connectivity index (χ3v) is 6.37. The van der Waals surface area contributed by atoms with Crippen molar-refractivity contribution in [2.75, 3.05) is 31.6 Å². The van der Waals surface area contributed by atoms with Crippen LogP contribution in [0.5, 0.6) is 0 Å². The summed E-state index contributed by atoms with van der Waals surface area (Å²) < 4.78 is 33.4. The standard InChI is InChI=1S/C19H19N5O4S/c25-19(22-18-7-9-20-17-8-10-21-24(17)18)6-3-15-1-4-16(5-2-15)29(26,27)23-11-13-28-14-12-23/h1-10H,11-14H2,(H,22,25)/b6-3+. The Bertz CT molecular complexity index is 1150. The van der Waals surface area contributed by atoms with Gasteiger partial charge in [-0.1, -0.05) is 12.1 Å². The largest absolute Gasteiger partial charge is 0.379 e. The Morgan fingerprint density at radius 3 is 2.59 bits per heavy atom. The molecule has 0 aliphatic carbocycles. The van der Waals surface area contributed by atoms with E-state index in [0.29, 0.717) is 43.3 Å². The maximum atomic E-state index is 12.6. The van der Waals surface area contributed by atoms with Gasteiger partial charge in [-0.2, -0.15) is 13.9 Å². The van der Waals surface area contributed by atoms with Crippen LogP contribution in [0.4, 0.5) is 5.82 Å². The lowest BCUT2D eigenvalue weighted by atomic mass is 10.2. The number of benzene rings is 1. The van der Waals surface area contributed by atoms with Crippen molar-refractivity contribution >= 4 is 33.5 Å². The molecule has 1 fully saturated rings. The molecule has 1 aromatic carbocycles. The number of hydrogen-bond acceptors (Lipinski definition) is 6. The Hall–Kier alpha value is -3.08. The van der Waals surface area contributed by atoms with E-state index in [1.807, 2.05) is 0 Å². The number of sulfonamides is 1. The molecule has 0 bridgehead atoms. The first-order valence-electron chi connectivity index (χ1n) is 9.00. The minimum Gasteiger partial charge on any atom is -0.379 e. The molecule has 1 amide bonds. The first-order chi connectivity index (χ1) is 14.0. The molecule has 29 heavy (non-hydrogen) atoms. The van der Waals surface area contributed by atoms with Crippen LogP contribution < -0.4 is 5.32 Å². The van der Waals surface area contributed by atoms with Crippen LogP contribution in [0.25, 0.3) is 11.7 Å². The monoisotopic (exact) mass is 413 g/mol. The van der Waals surface area contributed by atoms with Gasteiger partial charge < -0.3 is 10.1 Å². The van der Waals surface area contributed by atoms with Crippen LogP contribution in [0.2, 0.25) is 0 Å². The maximum Gasteiger partial charge on any atom is 0.249 e. The SMILES string of the molecule is O=C(/C=C/c1ccc(S(=O)(=O)N2CCOCC2)cc1)Nc1ccnc2ccnn12. The lowest BCUT2D eigenvalue weighted by Gasteiger charge is -2.26. The molecule has 9 nitrogen and oxygen atoms in total. The summed E-state index contributed by atoms with van der Waals surface area (Å²) in [6, 6.07) is 9.79. The Morgan fingerprint density at radius 2 is 1.83 bits per heavy atom. The zero-order valence-electron chi connectivity index (χ0n) is 15.4. The molecule has 10 heteroatoms. The van der Waals surface area contributed by atoms with Gasteiger partial charge in [0.25, 0.3) is 0 Å². The van der Waals surface area contributed by atoms with Crippen molar-refractivity contribution in [3.63, 3.8) is 0 Å². The van der Waals surface area contributed by atoms with Crippen molar-refractivity contribution in [1.82, 2.24) is 18.9 Å². The van der Waals surface area contributed by atoms with Crippen molar-refractivity contribution in [2.45, 2.75) is 4.90 Å². The summed E-state index contributed by atoms with van der Waals surface area (Å²) in [5, 5.41) is 6.85. The number of fused-ring (bicyclic) bond motifs is 1. The molecule has 3 aromatic rings. The van der Waals surface area contributed by atoms with Crippen LogP contribution in [0.3, 0.4) is 0 Å². The Morgan fingerprint density at radius 1 is 1.07 bits per heavy atom. The van der Waals surface area contributed by atoms with E-state index in [1.54, 1.807) is 54.9 Å². The Balaban J connectivity index is 1.43. The van der Waals surface area contributed by atoms with Gasteiger partial charge in [-0.05, 0) is 29.8 Å². The van der Waals surface area contributed by atoms with E-state index in [2.05, 4.69) is 15.4 Å². The zero-order valence-corrected chi connectivity index (χ0v) is 16.2. The molecule has 150 valence electrons. The molecular formula is C19H19N5O4S. The molecule has 2 aromatic heterocycles. The highest BCUT2D eigenvalue weighted by atomic mass is 32.2. The first-order valence-corrected chi connectivity index (χ1v) is 10.4. The lowest BCUT2D eigenvalue weighted by molar-refractivity contribution is -0.111. The number of carbonyl (C=O) groups excluding carboxylic acids is 1. The van der Waals surface area contributed by atoms with Crippen molar-refractivity contribution in [3.8, 4) is 0 Å². The second-order valence-corrected chi connectivity index (χ2v) is 8.28. The third-order valence-electron chi connectivity index (χ3n) is 4.46. The molecule has 0 unspecified atom stereocenters. The molecule has 0 atom stereocenters. The fourth-order valence-corrected chi connectivity index (χ4v) is 4.36. The highest BCUT2D eigenvalue weighted by Gasteiger charge is 2.25. The van der Waals surface area contributed by atoms with Gasteiger partial charge in [0.2, 0.25) is 15.9 Å². The smallest absolute Gasteiger partial charge is 0.249 e. The molecule has 1 N–H and O–H groups in total. The van der Waals surface area contributed by atoms with Gasteiger partial charge in [0, 0.05) is 31.4 Å². The summed E-state index contributed by atoms with van der Waals surface area (Å²) in [6.07, 6.45) is 6.17. The van der Waals surface area contributed by atoms with Crippen molar-refractivity contribution in [1.29, 1.82) is 0 Å². The molecule has 0 saturated carbocycles. The van der Waals surface area contributed by atoms with Gasteiger partial charge >= 0.3 is 0 Å². The fraction of sp³-hybridized carbons (Fsp3) is 0.211. The van der Waals surface area contributed by atoms with Crippen LogP contribution >= 0.6 is 0 Å². The zero-order chi connectivity index (χ0) is 20.3. The highest BCUT2D eigenvalue weighted by Crippen LogP contribution is 2.18. The van der Waals surface area contributed by atoms with Crippen LogP contribution in [0.1, 0.15) is 5.56 Å². The summed E-state index contributed by atoms with van der Waals surface area (Å²) in [7, 11) is -3.53. The number of nitrogens with one attached hydrogen (secondary N) is 1. The summed E-state index contributed by atoms with van der Waals surface area (Å²) in [5.41, 5.74) is 1.34. The van der Waals surface area contributed by atoms with E-state index >= 15 is 0 Å². The van der Waals surface area contributed by atoms with E-state index in [4.69, 9.17) is 4.74 Å². The van der Waals surface area contributed by atoms with Crippen molar-refractivity contribution in [2.24, 2.45) is 0 Å². The number of amides is 1. The molecule has 1 saturated heterocycles. The van der Waals surface area contributed by atoms with E-state index in [0.717, 1.165) is 0 Å². The minimum atomic E-state index is -3.53. The predicted molar refractivity (Wildman–Crippen MR) is 107 cm³/mol. The first kappa shape index (κ1) is 19.2. The van der Waals surface area contributed by atoms with Gasteiger partial charge in [-0.3, -0.25) is 4.79 Å². The second kappa shape index (κ2) is 8.11. The third kappa shape index (κ3) is 4.19. The van der Waals surface area contributed by atoms with Crippen molar-refractivity contribution in [3.05, 3.63) is 60.4 Å². The number of hydrogen-bond donors (Lipinski definition) is 1. The summed E-state index contributed by atoms with van der Waals surface area (Å²) in [4.78, 5) is 16.6. The second-order valence-electron chi connectivity index (χ2n) is 6.34. The van der Waals surface area contributed by atoms with Gasteiger partial charge in [0.05, 0.1) is 24.3 Å². The predicted octanol–water partition coefficient (Wildman–Crippen LogP) is 1.40. The van der Waals surface area contributed by atoms with E-state index in [-0.39, 0.29) is 10.8 Å². The summed E-state index contributed by atoms with van der Waals surface area (Å²) in [5.74, 6) is 0.166. The van der Waals surface area contributed by atoms with E-state index in [1.165, 1.54) is 14.9 Å². The Labute approximate surface area is 167 Å². The van der Waals surface area contributed by atoms with Gasteiger partial charge in [0.1, 0.15) is 5.82 Å². The van der Waals surface area contributed by atoms with Crippen molar-refractivity contribution < 1.29 is 17.9 Å². The summed E-state index contributed by atoms with van der Waals surface area (Å²) in [6.45, 7) is 1.50. The lowest BCUT2D eigenvalue weighted by Crippen LogP contribution is -2.40. The van der Waals surface area contributed by atoms with Crippen LogP contribution in [0.15, 0.2) is 59.8 Å².